The zero-order valence-corrected chi connectivity index (χ0v) is 18.1. The third kappa shape index (κ3) is 8.36. The minimum Gasteiger partial charge on any atom is -0.444 e. The highest BCUT2D eigenvalue weighted by atomic mass is 127. The molecule has 0 atom stereocenters. The summed E-state index contributed by atoms with van der Waals surface area (Å²) in [6.07, 6.45) is -0.326. The molecule has 8 nitrogen and oxygen atoms in total. The average molecular weight is 476 g/mol. The van der Waals surface area contributed by atoms with Crippen LogP contribution in [0.2, 0.25) is 0 Å². The number of hydrogen-bond donors (Lipinski definition) is 2. The Balaban J connectivity index is 0.00000529. The first-order valence-corrected chi connectivity index (χ1v) is 9.54. The number of carbonyl (C=O) groups is 1. The van der Waals surface area contributed by atoms with Crippen LogP contribution in [0.4, 0.5) is 4.79 Å². The van der Waals surface area contributed by atoms with Gasteiger partial charge in [-0.15, -0.1) is 24.0 Å². The molecule has 142 valence electrons. The van der Waals surface area contributed by atoms with E-state index in [1.54, 1.807) is 18.9 Å². The Bertz CT molecular complexity index is 539. The summed E-state index contributed by atoms with van der Waals surface area (Å²) in [5.41, 5.74) is -0.502. The molecule has 0 aromatic rings. The van der Waals surface area contributed by atoms with E-state index in [4.69, 9.17) is 4.74 Å². The van der Waals surface area contributed by atoms with Gasteiger partial charge >= 0.3 is 6.09 Å². The lowest BCUT2D eigenvalue weighted by Crippen LogP contribution is -2.63. The van der Waals surface area contributed by atoms with Gasteiger partial charge in [-0.1, -0.05) is 6.92 Å². The van der Waals surface area contributed by atoms with Crippen molar-refractivity contribution in [3.8, 4) is 0 Å². The summed E-state index contributed by atoms with van der Waals surface area (Å²) in [6.45, 7) is 8.48. The molecule has 0 aromatic heterocycles. The zero-order valence-electron chi connectivity index (χ0n) is 15.0. The lowest BCUT2D eigenvalue weighted by molar-refractivity contribution is 0.00701. The summed E-state index contributed by atoms with van der Waals surface area (Å²) < 4.78 is 28.1. The number of nitrogens with zero attached hydrogens (tertiary/aromatic N) is 2. The van der Waals surface area contributed by atoms with Crippen LogP contribution in [0.3, 0.4) is 0 Å². The number of aliphatic imine (C=N–C) groups is 1. The number of rotatable bonds is 5. The Morgan fingerprint density at radius 1 is 1.33 bits per heavy atom. The summed E-state index contributed by atoms with van der Waals surface area (Å²) >= 11 is 0. The number of amides is 1. The summed E-state index contributed by atoms with van der Waals surface area (Å²) in [4.78, 5) is 17.5. The SMILES string of the molecule is CCS(=O)(=O)CCNC(=NC)NC1CN(C(=O)OC(C)(C)C)C1.I. The zero-order chi connectivity index (χ0) is 17.7. The van der Waals surface area contributed by atoms with Crippen LogP contribution in [0.25, 0.3) is 0 Å². The van der Waals surface area contributed by atoms with Gasteiger partial charge in [0.2, 0.25) is 0 Å². The van der Waals surface area contributed by atoms with Gasteiger partial charge in [0.25, 0.3) is 0 Å². The van der Waals surface area contributed by atoms with Crippen molar-refractivity contribution in [3.05, 3.63) is 0 Å². The molecule has 2 N–H and O–H groups in total. The van der Waals surface area contributed by atoms with Gasteiger partial charge in [-0.25, -0.2) is 13.2 Å². The number of carbonyl (C=O) groups excluding carboxylic acids is 1. The number of sulfone groups is 1. The van der Waals surface area contributed by atoms with Crippen molar-refractivity contribution in [2.24, 2.45) is 4.99 Å². The number of nitrogens with one attached hydrogen (secondary N) is 2. The number of likely N-dealkylation sites (tertiary alicyclic amines) is 1. The molecule has 0 aliphatic carbocycles. The molecule has 0 unspecified atom stereocenters. The van der Waals surface area contributed by atoms with Gasteiger partial charge in [0.15, 0.2) is 15.8 Å². The quantitative estimate of drug-likeness (QED) is 0.347. The predicted octanol–water partition coefficient (Wildman–Crippen LogP) is 0.823. The summed E-state index contributed by atoms with van der Waals surface area (Å²) in [5.74, 6) is 0.734. The highest BCUT2D eigenvalue weighted by molar-refractivity contribution is 14.0. The molecular formula is C14H29IN4O4S. The lowest BCUT2D eigenvalue weighted by atomic mass is 10.1. The first-order valence-electron chi connectivity index (χ1n) is 7.72. The van der Waals surface area contributed by atoms with Gasteiger partial charge in [-0.2, -0.15) is 0 Å². The monoisotopic (exact) mass is 476 g/mol. The Hall–Kier alpha value is -0.780. The van der Waals surface area contributed by atoms with Crippen molar-refractivity contribution in [2.75, 3.05) is 38.2 Å². The maximum Gasteiger partial charge on any atom is 0.410 e. The molecule has 1 saturated heterocycles. The van der Waals surface area contributed by atoms with Crippen LogP contribution in [0.15, 0.2) is 4.99 Å². The topological polar surface area (TPSA) is 100 Å². The molecule has 1 aliphatic heterocycles. The fourth-order valence-corrected chi connectivity index (χ4v) is 2.60. The molecule has 1 heterocycles. The van der Waals surface area contributed by atoms with Gasteiger partial charge in [0, 0.05) is 32.4 Å². The standard InChI is InChI=1S/C14H28N4O4S.HI/c1-6-23(20,21)8-7-16-12(15-5)17-11-9-18(10-11)13(19)22-14(2,3)4;/h11H,6-10H2,1-5H3,(H2,15,16,17);1H. The van der Waals surface area contributed by atoms with E-state index in [1.807, 2.05) is 20.8 Å². The third-order valence-electron chi connectivity index (χ3n) is 3.24. The van der Waals surface area contributed by atoms with Crippen molar-refractivity contribution in [1.29, 1.82) is 0 Å². The molecule has 1 amide bonds. The number of ether oxygens (including phenoxy) is 1. The van der Waals surface area contributed by atoms with E-state index >= 15 is 0 Å². The third-order valence-corrected chi connectivity index (χ3v) is 4.95. The smallest absolute Gasteiger partial charge is 0.410 e. The Morgan fingerprint density at radius 2 is 1.92 bits per heavy atom. The molecule has 1 rings (SSSR count). The number of hydrogen-bond acceptors (Lipinski definition) is 5. The van der Waals surface area contributed by atoms with Gasteiger partial charge in [0.1, 0.15) is 5.60 Å². The van der Waals surface area contributed by atoms with Crippen molar-refractivity contribution >= 4 is 45.9 Å². The van der Waals surface area contributed by atoms with Crippen molar-refractivity contribution in [2.45, 2.75) is 39.3 Å². The molecular weight excluding hydrogens is 447 g/mol. The number of guanidine groups is 1. The van der Waals surface area contributed by atoms with Crippen molar-refractivity contribution < 1.29 is 17.9 Å². The molecule has 1 fully saturated rings. The van der Waals surface area contributed by atoms with Crippen LogP contribution < -0.4 is 10.6 Å². The van der Waals surface area contributed by atoms with Crippen LogP contribution in [-0.2, 0) is 14.6 Å². The normalized spacial score (nSPS) is 16.0. The fraction of sp³-hybridized carbons (Fsp3) is 0.857. The van der Waals surface area contributed by atoms with Crippen LogP contribution >= 0.6 is 24.0 Å². The van der Waals surface area contributed by atoms with Crippen LogP contribution in [0.1, 0.15) is 27.7 Å². The minimum absolute atomic E-state index is 0. The van der Waals surface area contributed by atoms with E-state index in [-0.39, 0.29) is 47.6 Å². The molecule has 10 heteroatoms. The Labute approximate surface area is 161 Å². The van der Waals surface area contributed by atoms with Gasteiger partial charge in [-0.3, -0.25) is 4.99 Å². The van der Waals surface area contributed by atoms with E-state index in [1.165, 1.54) is 0 Å². The van der Waals surface area contributed by atoms with E-state index < -0.39 is 15.4 Å². The second kappa shape index (κ2) is 9.64. The molecule has 1 aliphatic rings. The van der Waals surface area contributed by atoms with Crippen molar-refractivity contribution in [3.63, 3.8) is 0 Å². The molecule has 0 aromatic carbocycles. The first kappa shape index (κ1) is 23.2. The second-order valence-electron chi connectivity index (χ2n) is 6.46. The van der Waals surface area contributed by atoms with E-state index in [9.17, 15) is 13.2 Å². The molecule has 24 heavy (non-hydrogen) atoms. The molecule has 0 bridgehead atoms. The minimum atomic E-state index is -3.00. The van der Waals surface area contributed by atoms with Crippen LogP contribution in [0.5, 0.6) is 0 Å². The largest absolute Gasteiger partial charge is 0.444 e. The van der Waals surface area contributed by atoms with Gasteiger partial charge in [0.05, 0.1) is 11.8 Å². The predicted molar refractivity (Wildman–Crippen MR) is 106 cm³/mol. The van der Waals surface area contributed by atoms with E-state index in [2.05, 4.69) is 15.6 Å². The summed E-state index contributed by atoms with van der Waals surface area (Å²) in [7, 11) is -1.38. The first-order chi connectivity index (χ1) is 10.6. The van der Waals surface area contributed by atoms with E-state index in [0.717, 1.165) is 0 Å². The molecule has 0 radical (unpaired) electrons. The van der Waals surface area contributed by atoms with E-state index in [0.29, 0.717) is 25.6 Å². The summed E-state index contributed by atoms with van der Waals surface area (Å²) in [5, 5.41) is 6.12. The fourth-order valence-electron chi connectivity index (χ4n) is 1.90. The van der Waals surface area contributed by atoms with Gasteiger partial charge in [-0.05, 0) is 20.8 Å². The molecule has 0 saturated carbocycles. The average Bonchev–Trinajstić information content (AvgIpc) is 2.37. The number of halogens is 1. The highest BCUT2D eigenvalue weighted by Gasteiger charge is 2.34. The van der Waals surface area contributed by atoms with Gasteiger partial charge < -0.3 is 20.3 Å². The lowest BCUT2D eigenvalue weighted by Gasteiger charge is -2.40. The maximum atomic E-state index is 11.8. The Morgan fingerprint density at radius 3 is 2.38 bits per heavy atom. The Kier molecular flexibility index (Phi) is 9.32. The summed E-state index contributed by atoms with van der Waals surface area (Å²) in [6, 6.07) is 0.0801. The van der Waals surface area contributed by atoms with Crippen molar-refractivity contribution in [1.82, 2.24) is 15.5 Å². The maximum absolute atomic E-state index is 11.8. The van der Waals surface area contributed by atoms with Crippen LogP contribution in [-0.4, -0.2) is 75.2 Å². The molecule has 0 spiro atoms. The van der Waals surface area contributed by atoms with Crippen LogP contribution in [0, 0.1) is 0 Å². The second-order valence-corrected chi connectivity index (χ2v) is 8.93. The highest BCUT2D eigenvalue weighted by Crippen LogP contribution is 2.15.